The number of pyridine rings is 1. The predicted molar refractivity (Wildman–Crippen MR) is 138 cm³/mol. The summed E-state index contributed by atoms with van der Waals surface area (Å²) in [6, 6.07) is 2.23. The zero-order valence-electron chi connectivity index (χ0n) is 20.1. The Kier molecular flexibility index (Phi) is 5.79. The average Bonchev–Trinajstić information content (AvgIpc) is 3.40. The topological polar surface area (TPSA) is 75.2 Å². The van der Waals surface area contributed by atoms with Crippen LogP contribution in [0.5, 0.6) is 0 Å². The molecule has 3 N–H and O–H groups in total. The van der Waals surface area contributed by atoms with Crippen LogP contribution in [0, 0.1) is 13.8 Å². The Labute approximate surface area is 199 Å². The van der Waals surface area contributed by atoms with Gasteiger partial charge in [0.1, 0.15) is 11.2 Å². The molecule has 0 amide bonds. The van der Waals surface area contributed by atoms with Gasteiger partial charge in [-0.2, -0.15) is 5.10 Å². The molecule has 174 valence electrons. The van der Waals surface area contributed by atoms with E-state index < -0.39 is 0 Å². The molecule has 4 aromatic heterocycles. The molecule has 0 spiro atoms. The van der Waals surface area contributed by atoms with E-state index >= 15 is 0 Å². The van der Waals surface area contributed by atoms with E-state index in [1.165, 1.54) is 51.9 Å². The first-order chi connectivity index (χ1) is 15.8. The molecule has 1 atom stereocenters. The molecule has 1 saturated heterocycles. The molecule has 1 unspecified atom stereocenters. The third-order valence-electron chi connectivity index (χ3n) is 7.00. The summed E-state index contributed by atoms with van der Waals surface area (Å²) in [6.07, 6.45) is 7.35. The number of likely N-dealkylation sites (tertiary alicyclic amines) is 1. The maximum Gasteiger partial charge on any atom is 0.158 e. The molecule has 0 aliphatic carbocycles. The minimum absolute atomic E-state index is 0.418. The first-order valence-electron chi connectivity index (χ1n) is 11.9. The van der Waals surface area contributed by atoms with E-state index in [0.717, 1.165) is 36.5 Å². The summed E-state index contributed by atoms with van der Waals surface area (Å²) >= 11 is 1.96. The van der Waals surface area contributed by atoms with Crippen molar-refractivity contribution in [3.63, 3.8) is 0 Å². The molecule has 0 bridgehead atoms. The Hall–Kier alpha value is -2.64. The van der Waals surface area contributed by atoms with Crippen molar-refractivity contribution in [3.05, 3.63) is 52.4 Å². The molecule has 1 aliphatic rings. The van der Waals surface area contributed by atoms with Gasteiger partial charge in [0.2, 0.25) is 0 Å². The van der Waals surface area contributed by atoms with Gasteiger partial charge in [0.25, 0.3) is 0 Å². The number of aromatic amines is 1. The number of nitrogens with zero attached hydrogens (tertiary/aromatic N) is 4. The maximum atomic E-state index is 5.87. The van der Waals surface area contributed by atoms with Gasteiger partial charge in [0.05, 0.1) is 5.69 Å². The minimum Gasteiger partial charge on any atom is -0.401 e. The third kappa shape index (κ3) is 3.97. The van der Waals surface area contributed by atoms with Crippen LogP contribution in [0.3, 0.4) is 0 Å². The van der Waals surface area contributed by atoms with Gasteiger partial charge >= 0.3 is 0 Å². The van der Waals surface area contributed by atoms with E-state index in [1.54, 1.807) is 11.2 Å². The van der Waals surface area contributed by atoms with Crippen LogP contribution in [0.4, 0.5) is 0 Å². The van der Waals surface area contributed by atoms with Gasteiger partial charge in [0, 0.05) is 34.3 Å². The highest BCUT2D eigenvalue weighted by atomic mass is 32.1. The second-order valence-corrected chi connectivity index (χ2v) is 10.9. The predicted octanol–water partition coefficient (Wildman–Crippen LogP) is 5.72. The number of aromatic nitrogens is 4. The number of aryl methyl sites for hydroxylation is 2. The number of thiophene rings is 1. The van der Waals surface area contributed by atoms with Crippen molar-refractivity contribution >= 4 is 27.2 Å². The Bertz CT molecular complexity index is 1320. The van der Waals surface area contributed by atoms with Gasteiger partial charge in [-0.3, -0.25) is 4.90 Å². The molecular weight excluding hydrogens is 428 g/mol. The van der Waals surface area contributed by atoms with Gasteiger partial charge in [0.15, 0.2) is 5.65 Å². The van der Waals surface area contributed by atoms with Gasteiger partial charge < -0.3 is 10.7 Å². The standard InChI is InChI=1S/C26H34N6S/c1-15(2)21-22-18(5)24(19-7-6-9-31(10-8-19)12-17(4)27)33-26(22)30-23(21)20-11-16(3)25-28-14-29-32(25)13-20/h11,13-15,19,30H,4,6-10,12,27H2,1-3,5H3. The van der Waals surface area contributed by atoms with Crippen molar-refractivity contribution < 1.29 is 0 Å². The van der Waals surface area contributed by atoms with E-state index in [9.17, 15) is 0 Å². The SMILES string of the molecule is C=C(N)CN1CCCC(c2sc3[nH]c(-c4cc(C)c5ncnn5c4)c(C(C)C)c3c2C)CC1. The van der Waals surface area contributed by atoms with Crippen LogP contribution in [0.2, 0.25) is 0 Å². The second-order valence-electron chi connectivity index (χ2n) is 9.87. The molecule has 5 heterocycles. The van der Waals surface area contributed by atoms with Gasteiger partial charge in [-0.1, -0.05) is 20.4 Å². The van der Waals surface area contributed by atoms with E-state index in [4.69, 9.17) is 5.73 Å². The zero-order chi connectivity index (χ0) is 23.3. The first kappa shape index (κ1) is 22.2. The Morgan fingerprint density at radius 3 is 2.88 bits per heavy atom. The monoisotopic (exact) mass is 462 g/mol. The summed E-state index contributed by atoms with van der Waals surface area (Å²) in [6.45, 7) is 15.9. The van der Waals surface area contributed by atoms with E-state index in [1.807, 2.05) is 15.9 Å². The van der Waals surface area contributed by atoms with Crippen molar-refractivity contribution in [2.45, 2.75) is 58.8 Å². The number of hydrogen-bond acceptors (Lipinski definition) is 5. The largest absolute Gasteiger partial charge is 0.401 e. The molecule has 0 saturated carbocycles. The number of nitrogens with two attached hydrogens (primary N) is 1. The Morgan fingerprint density at radius 2 is 2.12 bits per heavy atom. The van der Waals surface area contributed by atoms with Gasteiger partial charge in [-0.05, 0) is 80.8 Å². The summed E-state index contributed by atoms with van der Waals surface area (Å²) < 4.78 is 1.88. The molecule has 33 heavy (non-hydrogen) atoms. The molecule has 0 aromatic carbocycles. The normalized spacial score (nSPS) is 17.9. The van der Waals surface area contributed by atoms with Crippen molar-refractivity contribution in [2.24, 2.45) is 5.73 Å². The van der Waals surface area contributed by atoms with Gasteiger partial charge in [-0.25, -0.2) is 9.50 Å². The average molecular weight is 463 g/mol. The maximum absolute atomic E-state index is 5.87. The van der Waals surface area contributed by atoms with Crippen LogP contribution in [0.25, 0.3) is 27.1 Å². The zero-order valence-corrected chi connectivity index (χ0v) is 20.9. The van der Waals surface area contributed by atoms with E-state index in [0.29, 0.717) is 11.8 Å². The lowest BCUT2D eigenvalue weighted by molar-refractivity contribution is 0.307. The Balaban J connectivity index is 1.54. The van der Waals surface area contributed by atoms with Crippen LogP contribution in [0.1, 0.15) is 66.5 Å². The van der Waals surface area contributed by atoms with Gasteiger partial charge in [-0.15, -0.1) is 11.3 Å². The number of nitrogens with one attached hydrogen (secondary N) is 1. The van der Waals surface area contributed by atoms with Crippen molar-refractivity contribution in [1.82, 2.24) is 24.5 Å². The van der Waals surface area contributed by atoms with Crippen molar-refractivity contribution in [1.29, 1.82) is 0 Å². The van der Waals surface area contributed by atoms with E-state index in [2.05, 4.69) is 66.5 Å². The lowest BCUT2D eigenvalue weighted by atomic mass is 9.92. The highest BCUT2D eigenvalue weighted by molar-refractivity contribution is 7.19. The summed E-state index contributed by atoms with van der Waals surface area (Å²) in [5.41, 5.74) is 14.0. The van der Waals surface area contributed by atoms with Crippen LogP contribution >= 0.6 is 11.3 Å². The summed E-state index contributed by atoms with van der Waals surface area (Å²) in [5.74, 6) is 1.03. The lowest BCUT2D eigenvalue weighted by Crippen LogP contribution is -2.28. The highest BCUT2D eigenvalue weighted by Crippen LogP contribution is 2.45. The summed E-state index contributed by atoms with van der Waals surface area (Å²) in [5, 5.41) is 5.81. The van der Waals surface area contributed by atoms with Crippen LogP contribution in [0.15, 0.2) is 30.9 Å². The number of fused-ring (bicyclic) bond motifs is 2. The Morgan fingerprint density at radius 1 is 1.30 bits per heavy atom. The number of rotatable bonds is 5. The first-order valence-corrected chi connectivity index (χ1v) is 12.8. The highest BCUT2D eigenvalue weighted by Gasteiger charge is 2.27. The number of H-pyrrole nitrogens is 1. The molecule has 5 rings (SSSR count). The molecule has 6 nitrogen and oxygen atoms in total. The molecule has 7 heteroatoms. The molecule has 0 radical (unpaired) electrons. The number of hydrogen-bond donors (Lipinski definition) is 2. The molecular formula is C26H34N6S. The minimum atomic E-state index is 0.418. The smallest absolute Gasteiger partial charge is 0.158 e. The van der Waals surface area contributed by atoms with E-state index in [-0.39, 0.29) is 0 Å². The summed E-state index contributed by atoms with van der Waals surface area (Å²) in [7, 11) is 0. The summed E-state index contributed by atoms with van der Waals surface area (Å²) in [4.78, 5) is 13.5. The van der Waals surface area contributed by atoms with Crippen molar-refractivity contribution in [2.75, 3.05) is 19.6 Å². The molecule has 1 fully saturated rings. The molecule has 1 aliphatic heterocycles. The molecule has 4 aromatic rings. The van der Waals surface area contributed by atoms with Crippen LogP contribution < -0.4 is 5.73 Å². The van der Waals surface area contributed by atoms with Crippen LogP contribution in [-0.2, 0) is 0 Å². The fourth-order valence-corrected chi connectivity index (χ4v) is 6.93. The lowest BCUT2D eigenvalue weighted by Gasteiger charge is -2.19. The quantitative estimate of drug-likeness (QED) is 0.398. The van der Waals surface area contributed by atoms with Crippen molar-refractivity contribution in [3.8, 4) is 11.3 Å². The third-order valence-corrected chi connectivity index (χ3v) is 8.37. The fraction of sp³-hybridized carbons (Fsp3) is 0.462. The van der Waals surface area contributed by atoms with Crippen LogP contribution in [-0.4, -0.2) is 44.1 Å². The second kappa shape index (κ2) is 8.61. The fourth-order valence-electron chi connectivity index (χ4n) is 5.54.